The molecule has 0 unspecified atom stereocenters. The fraction of sp³-hybridized carbons (Fsp3) is 0.160. The minimum absolute atomic E-state index is 0.0915. The summed E-state index contributed by atoms with van der Waals surface area (Å²) in [7, 11) is -2.31. The largest absolute Gasteiger partial charge is 0.497 e. The Kier molecular flexibility index (Phi) is 6.72. The lowest BCUT2D eigenvalue weighted by atomic mass is 10.1. The van der Waals surface area contributed by atoms with Crippen molar-refractivity contribution in [2.75, 3.05) is 19.0 Å². The predicted molar refractivity (Wildman–Crippen MR) is 129 cm³/mol. The first-order chi connectivity index (χ1) is 15.9. The van der Waals surface area contributed by atoms with Crippen LogP contribution in [0.3, 0.4) is 0 Å². The first-order valence-electron chi connectivity index (χ1n) is 10.3. The van der Waals surface area contributed by atoms with E-state index in [-0.39, 0.29) is 21.7 Å². The molecule has 0 aliphatic heterocycles. The van der Waals surface area contributed by atoms with E-state index in [9.17, 15) is 8.42 Å². The van der Waals surface area contributed by atoms with Gasteiger partial charge in [-0.05, 0) is 67.4 Å². The molecule has 8 heteroatoms. The molecular weight excluding hydrogens is 460 g/mol. The maximum atomic E-state index is 13.3. The Morgan fingerprint density at radius 2 is 1.64 bits per heavy atom. The quantitative estimate of drug-likeness (QED) is 0.342. The summed E-state index contributed by atoms with van der Waals surface area (Å²) >= 11 is 5.93. The lowest BCUT2D eigenvalue weighted by Crippen LogP contribution is -2.09. The monoisotopic (exact) mass is 482 g/mol. The van der Waals surface area contributed by atoms with Crippen LogP contribution in [-0.2, 0) is 16.3 Å². The van der Waals surface area contributed by atoms with Crippen molar-refractivity contribution in [3.8, 4) is 17.2 Å². The van der Waals surface area contributed by atoms with Gasteiger partial charge in [0.15, 0.2) is 0 Å². The summed E-state index contributed by atoms with van der Waals surface area (Å²) in [6.45, 7) is 2.43. The topological polar surface area (TPSA) is 81.4 Å². The highest BCUT2D eigenvalue weighted by molar-refractivity contribution is 7.91. The molecule has 0 spiro atoms. The summed E-state index contributed by atoms with van der Waals surface area (Å²) in [4.78, 5) is 4.45. The van der Waals surface area contributed by atoms with Crippen LogP contribution < -0.4 is 10.1 Å². The van der Waals surface area contributed by atoms with Crippen LogP contribution in [0.5, 0.6) is 5.75 Å². The Bertz CT molecular complexity index is 1330. The Morgan fingerprint density at radius 3 is 2.27 bits per heavy atom. The summed E-state index contributed by atoms with van der Waals surface area (Å²) in [5, 5.41) is 3.41. The first-order valence-corrected chi connectivity index (χ1v) is 12.2. The van der Waals surface area contributed by atoms with Gasteiger partial charge in [-0.3, -0.25) is 0 Å². The van der Waals surface area contributed by atoms with Crippen LogP contribution in [0.25, 0.3) is 11.5 Å². The molecule has 4 aromatic rings. The highest BCUT2D eigenvalue weighted by atomic mass is 35.5. The van der Waals surface area contributed by atoms with Gasteiger partial charge in [-0.15, -0.1) is 0 Å². The van der Waals surface area contributed by atoms with E-state index in [1.165, 1.54) is 24.3 Å². The molecule has 0 atom stereocenters. The number of oxazole rings is 1. The van der Waals surface area contributed by atoms with E-state index in [2.05, 4.69) is 10.3 Å². The Hall–Kier alpha value is -3.29. The summed E-state index contributed by atoms with van der Waals surface area (Å²) < 4.78 is 37.8. The molecular formula is C25H23ClN2O4S. The molecule has 1 heterocycles. The van der Waals surface area contributed by atoms with Gasteiger partial charge in [0.1, 0.15) is 5.75 Å². The van der Waals surface area contributed by atoms with Gasteiger partial charge >= 0.3 is 0 Å². The fourth-order valence-electron chi connectivity index (χ4n) is 3.26. The van der Waals surface area contributed by atoms with Crippen LogP contribution >= 0.6 is 11.6 Å². The van der Waals surface area contributed by atoms with E-state index in [1.807, 2.05) is 55.5 Å². The smallest absolute Gasteiger partial charge is 0.233 e. The van der Waals surface area contributed by atoms with Crippen molar-refractivity contribution in [3.63, 3.8) is 0 Å². The molecule has 1 aromatic heterocycles. The van der Waals surface area contributed by atoms with E-state index in [0.717, 1.165) is 16.9 Å². The Balaban J connectivity index is 1.64. The van der Waals surface area contributed by atoms with Crippen LogP contribution in [0.15, 0.2) is 87.1 Å². The second-order valence-corrected chi connectivity index (χ2v) is 9.80. The van der Waals surface area contributed by atoms with Crippen molar-refractivity contribution < 1.29 is 17.6 Å². The summed E-state index contributed by atoms with van der Waals surface area (Å²) in [5.41, 5.74) is 2.84. The van der Waals surface area contributed by atoms with Crippen LogP contribution in [0.1, 0.15) is 11.1 Å². The van der Waals surface area contributed by atoms with Gasteiger partial charge in [-0.1, -0.05) is 41.4 Å². The van der Waals surface area contributed by atoms with E-state index in [4.69, 9.17) is 20.8 Å². The third kappa shape index (κ3) is 5.21. The number of hydrogen-bond acceptors (Lipinski definition) is 6. The number of hydrogen-bond donors (Lipinski definition) is 1. The number of halogens is 1. The molecule has 0 aliphatic carbocycles. The van der Waals surface area contributed by atoms with Crippen molar-refractivity contribution in [3.05, 3.63) is 88.9 Å². The third-order valence-corrected chi connectivity index (χ3v) is 7.06. The lowest BCUT2D eigenvalue weighted by Gasteiger charge is -2.07. The molecule has 170 valence electrons. The predicted octanol–water partition coefficient (Wildman–Crippen LogP) is 5.80. The average molecular weight is 483 g/mol. The second kappa shape index (κ2) is 9.68. The number of nitrogens with zero attached hydrogens (tertiary/aromatic N) is 1. The van der Waals surface area contributed by atoms with Gasteiger partial charge in [-0.2, -0.15) is 4.98 Å². The number of benzene rings is 3. The maximum Gasteiger partial charge on any atom is 0.233 e. The number of anilines is 1. The molecule has 3 aromatic carbocycles. The zero-order valence-electron chi connectivity index (χ0n) is 18.2. The molecule has 0 bridgehead atoms. The second-order valence-electron chi connectivity index (χ2n) is 7.50. The molecule has 0 radical (unpaired) electrons. The van der Waals surface area contributed by atoms with Gasteiger partial charge in [-0.25, -0.2) is 8.42 Å². The third-order valence-electron chi connectivity index (χ3n) is 5.13. The molecule has 1 N–H and O–H groups in total. The van der Waals surface area contributed by atoms with E-state index in [1.54, 1.807) is 7.11 Å². The molecule has 6 nitrogen and oxygen atoms in total. The van der Waals surface area contributed by atoms with Crippen molar-refractivity contribution in [2.45, 2.75) is 23.3 Å². The molecule has 33 heavy (non-hydrogen) atoms. The van der Waals surface area contributed by atoms with Crippen LogP contribution in [0, 0.1) is 6.92 Å². The zero-order chi connectivity index (χ0) is 23.4. The van der Waals surface area contributed by atoms with Gasteiger partial charge < -0.3 is 14.5 Å². The first kappa shape index (κ1) is 22.9. The molecule has 0 amide bonds. The van der Waals surface area contributed by atoms with Gasteiger partial charge in [0.05, 0.1) is 12.0 Å². The van der Waals surface area contributed by atoms with Crippen LogP contribution in [0.4, 0.5) is 5.88 Å². The fourth-order valence-corrected chi connectivity index (χ4v) is 4.66. The average Bonchev–Trinajstić information content (AvgIpc) is 3.25. The van der Waals surface area contributed by atoms with Crippen LogP contribution in [-0.4, -0.2) is 27.1 Å². The van der Waals surface area contributed by atoms with Crippen molar-refractivity contribution in [2.24, 2.45) is 0 Å². The minimum atomic E-state index is -3.93. The molecule has 0 aliphatic rings. The van der Waals surface area contributed by atoms with E-state index in [0.29, 0.717) is 23.6 Å². The number of sulfone groups is 1. The standard InChI is InChI=1S/C25H23ClN2O4S/c1-17-3-7-19(8-4-17)23-28-25(33(29,30)22-13-9-20(26)10-14-22)24(32-23)27-16-15-18-5-11-21(31-2)12-6-18/h3-14,27H,15-16H2,1-2H3. The van der Waals surface area contributed by atoms with Crippen LogP contribution in [0.2, 0.25) is 5.02 Å². The zero-order valence-corrected chi connectivity index (χ0v) is 19.8. The number of nitrogens with one attached hydrogen (secondary N) is 1. The normalized spacial score (nSPS) is 11.4. The number of aromatic nitrogens is 1. The van der Waals surface area contributed by atoms with E-state index >= 15 is 0 Å². The van der Waals surface area contributed by atoms with Gasteiger partial charge in [0.2, 0.25) is 26.6 Å². The highest BCUT2D eigenvalue weighted by Gasteiger charge is 2.28. The SMILES string of the molecule is COc1ccc(CCNc2oc(-c3ccc(C)cc3)nc2S(=O)(=O)c2ccc(Cl)cc2)cc1. The van der Waals surface area contributed by atoms with Gasteiger partial charge in [0.25, 0.3) is 0 Å². The Labute approximate surface area is 198 Å². The van der Waals surface area contributed by atoms with Gasteiger partial charge in [0, 0.05) is 17.1 Å². The lowest BCUT2D eigenvalue weighted by molar-refractivity contribution is 0.414. The molecule has 0 saturated heterocycles. The number of aryl methyl sites for hydroxylation is 1. The summed E-state index contributed by atoms with van der Waals surface area (Å²) in [6, 6.07) is 21.2. The number of rotatable bonds is 8. The molecule has 0 saturated carbocycles. The molecule has 4 rings (SSSR count). The summed E-state index contributed by atoms with van der Waals surface area (Å²) in [5.74, 6) is 1.12. The maximum absolute atomic E-state index is 13.3. The van der Waals surface area contributed by atoms with Crippen molar-refractivity contribution >= 4 is 27.3 Å². The Morgan fingerprint density at radius 1 is 0.970 bits per heavy atom. The van der Waals surface area contributed by atoms with E-state index < -0.39 is 9.84 Å². The highest BCUT2D eigenvalue weighted by Crippen LogP contribution is 2.33. The van der Waals surface area contributed by atoms with Crippen molar-refractivity contribution in [1.29, 1.82) is 0 Å². The molecule has 0 fully saturated rings. The number of methoxy groups -OCH3 is 1. The minimum Gasteiger partial charge on any atom is -0.497 e. The van der Waals surface area contributed by atoms with Crippen molar-refractivity contribution in [1.82, 2.24) is 4.98 Å². The number of ether oxygens (including phenoxy) is 1. The summed E-state index contributed by atoms with van der Waals surface area (Å²) in [6.07, 6.45) is 0.658.